The Morgan fingerprint density at radius 1 is 1.60 bits per heavy atom. The third-order valence-electron chi connectivity index (χ3n) is 1.34. The first-order valence-corrected chi connectivity index (χ1v) is 5.10. The van der Waals surface area contributed by atoms with Gasteiger partial charge in [-0.1, -0.05) is 0 Å². The third kappa shape index (κ3) is 1.41. The predicted octanol–water partition coefficient (Wildman–Crippen LogP) is -0.556. The lowest BCUT2D eigenvalue weighted by atomic mass is 10.4. The quantitative estimate of drug-likeness (QED) is 0.555. The molecule has 1 amide bonds. The minimum atomic E-state index is -3.69. The number of hydrogen-bond acceptors (Lipinski definition) is 3. The first-order chi connectivity index (χ1) is 4.52. The van der Waals surface area contributed by atoms with Crippen molar-refractivity contribution >= 4 is 25.6 Å². The fourth-order valence-corrected chi connectivity index (χ4v) is 2.09. The molecule has 1 N–H and O–H groups in total. The van der Waals surface area contributed by atoms with Gasteiger partial charge in [0.2, 0.25) is 15.0 Å². The fourth-order valence-electron chi connectivity index (χ4n) is 0.840. The molecule has 1 atom stereocenters. The van der Waals surface area contributed by atoms with E-state index in [1.807, 2.05) is 0 Å². The van der Waals surface area contributed by atoms with Crippen LogP contribution in [0.15, 0.2) is 0 Å². The fraction of sp³-hybridized carbons (Fsp3) is 0.750. The first kappa shape index (κ1) is 7.81. The summed E-state index contributed by atoms with van der Waals surface area (Å²) in [6.45, 7) is 0.398. The van der Waals surface area contributed by atoms with Gasteiger partial charge in [0.1, 0.15) is 0 Å². The second kappa shape index (κ2) is 2.39. The lowest BCUT2D eigenvalue weighted by Gasteiger charge is -1.98. The molecular weight excluding hydrogens is 178 g/mol. The normalized spacial score (nSPS) is 26.5. The molecule has 0 aromatic rings. The van der Waals surface area contributed by atoms with Gasteiger partial charge in [-0.05, 0) is 6.42 Å². The van der Waals surface area contributed by atoms with E-state index < -0.39 is 20.2 Å². The van der Waals surface area contributed by atoms with Gasteiger partial charge in [0.15, 0.2) is 5.25 Å². The average Bonchev–Trinajstić information content (AvgIpc) is 2.11. The highest BCUT2D eigenvalue weighted by Gasteiger charge is 2.34. The molecule has 0 saturated carbocycles. The summed E-state index contributed by atoms with van der Waals surface area (Å²) in [4.78, 5) is 10.6. The van der Waals surface area contributed by atoms with Gasteiger partial charge in [-0.3, -0.25) is 4.79 Å². The number of amides is 1. The standard InChI is InChI=1S/C4H6ClNO3S/c5-10(8,9)3-1-2-6-4(3)7/h3H,1-2H2,(H,6,7). The Labute approximate surface area is 63.0 Å². The SMILES string of the molecule is O=C1NCCC1S(=O)(=O)Cl. The van der Waals surface area contributed by atoms with Crippen LogP contribution in [0.2, 0.25) is 0 Å². The van der Waals surface area contributed by atoms with Gasteiger partial charge in [-0.25, -0.2) is 8.42 Å². The topological polar surface area (TPSA) is 63.2 Å². The van der Waals surface area contributed by atoms with Crippen molar-refractivity contribution in [3.05, 3.63) is 0 Å². The Bertz CT molecular complexity index is 247. The van der Waals surface area contributed by atoms with Crippen LogP contribution < -0.4 is 5.32 Å². The molecule has 1 aliphatic heterocycles. The van der Waals surface area contributed by atoms with E-state index in [1.54, 1.807) is 0 Å². The summed E-state index contributed by atoms with van der Waals surface area (Å²) in [5.41, 5.74) is 0. The van der Waals surface area contributed by atoms with E-state index in [-0.39, 0.29) is 6.42 Å². The van der Waals surface area contributed by atoms with Crippen LogP contribution in [0.25, 0.3) is 0 Å². The summed E-state index contributed by atoms with van der Waals surface area (Å²) in [6, 6.07) is 0. The summed E-state index contributed by atoms with van der Waals surface area (Å²) in [5, 5.41) is 1.34. The van der Waals surface area contributed by atoms with Gasteiger partial charge in [-0.2, -0.15) is 0 Å². The highest BCUT2D eigenvalue weighted by Crippen LogP contribution is 2.14. The molecule has 1 aliphatic rings. The number of rotatable bonds is 1. The monoisotopic (exact) mass is 183 g/mol. The molecule has 1 saturated heterocycles. The van der Waals surface area contributed by atoms with Crippen LogP contribution in [0.3, 0.4) is 0 Å². The van der Waals surface area contributed by atoms with E-state index in [0.717, 1.165) is 0 Å². The summed E-state index contributed by atoms with van der Waals surface area (Å²) < 4.78 is 21.1. The maximum Gasteiger partial charge on any atom is 0.244 e. The van der Waals surface area contributed by atoms with Crippen molar-refractivity contribution in [2.75, 3.05) is 6.54 Å². The summed E-state index contributed by atoms with van der Waals surface area (Å²) >= 11 is 0. The van der Waals surface area contributed by atoms with Gasteiger partial charge in [0.05, 0.1) is 0 Å². The zero-order valence-electron chi connectivity index (χ0n) is 5.00. The van der Waals surface area contributed by atoms with Gasteiger partial charge in [0.25, 0.3) is 0 Å². The Morgan fingerprint density at radius 3 is 2.40 bits per heavy atom. The van der Waals surface area contributed by atoms with E-state index in [0.29, 0.717) is 6.54 Å². The maximum atomic E-state index is 10.6. The summed E-state index contributed by atoms with van der Waals surface area (Å²) in [7, 11) is 1.25. The number of halogens is 1. The molecule has 58 valence electrons. The van der Waals surface area contributed by atoms with E-state index in [9.17, 15) is 13.2 Å². The Hall–Kier alpha value is -0.290. The molecule has 0 aromatic heterocycles. The van der Waals surface area contributed by atoms with Crippen LogP contribution in [0, 0.1) is 0 Å². The van der Waals surface area contributed by atoms with Crippen LogP contribution in [0.4, 0.5) is 0 Å². The number of hydrogen-bond donors (Lipinski definition) is 1. The zero-order valence-corrected chi connectivity index (χ0v) is 6.57. The summed E-state index contributed by atoms with van der Waals surface area (Å²) in [5.74, 6) is -0.491. The van der Waals surface area contributed by atoms with Crippen LogP contribution in [0.5, 0.6) is 0 Å². The Morgan fingerprint density at radius 2 is 2.20 bits per heavy atom. The predicted molar refractivity (Wildman–Crippen MR) is 36.2 cm³/mol. The number of carbonyl (C=O) groups excluding carboxylic acids is 1. The lowest BCUT2D eigenvalue weighted by Crippen LogP contribution is -2.27. The minimum Gasteiger partial charge on any atom is -0.355 e. The van der Waals surface area contributed by atoms with Gasteiger partial charge in [-0.15, -0.1) is 0 Å². The van der Waals surface area contributed by atoms with Gasteiger partial charge < -0.3 is 5.32 Å². The van der Waals surface area contributed by atoms with E-state index in [1.165, 1.54) is 0 Å². The van der Waals surface area contributed by atoms with Crippen LogP contribution in [-0.4, -0.2) is 26.1 Å². The van der Waals surface area contributed by atoms with Gasteiger partial charge >= 0.3 is 0 Å². The molecule has 0 spiro atoms. The molecule has 1 fully saturated rings. The lowest BCUT2D eigenvalue weighted by molar-refractivity contribution is -0.118. The largest absolute Gasteiger partial charge is 0.355 e. The first-order valence-electron chi connectivity index (χ1n) is 2.73. The van der Waals surface area contributed by atoms with Crippen molar-refractivity contribution in [1.29, 1.82) is 0 Å². The van der Waals surface area contributed by atoms with Crippen LogP contribution in [0.1, 0.15) is 6.42 Å². The van der Waals surface area contributed by atoms with Crippen molar-refractivity contribution in [2.24, 2.45) is 0 Å². The molecule has 1 heterocycles. The third-order valence-corrected chi connectivity index (χ3v) is 3.11. The number of carbonyl (C=O) groups is 1. The summed E-state index contributed by atoms with van der Waals surface area (Å²) in [6.07, 6.45) is 0.282. The Balaban J connectivity index is 2.84. The van der Waals surface area contributed by atoms with E-state index >= 15 is 0 Å². The molecule has 1 rings (SSSR count). The van der Waals surface area contributed by atoms with Crippen molar-refractivity contribution in [3.8, 4) is 0 Å². The molecule has 4 nitrogen and oxygen atoms in total. The number of nitrogens with one attached hydrogen (secondary N) is 1. The Kier molecular flexibility index (Phi) is 1.87. The van der Waals surface area contributed by atoms with Gasteiger partial charge in [0, 0.05) is 17.2 Å². The molecule has 0 radical (unpaired) electrons. The molecule has 10 heavy (non-hydrogen) atoms. The second-order valence-corrected chi connectivity index (χ2v) is 4.85. The second-order valence-electron chi connectivity index (χ2n) is 2.04. The van der Waals surface area contributed by atoms with Crippen molar-refractivity contribution in [2.45, 2.75) is 11.7 Å². The maximum absolute atomic E-state index is 10.6. The smallest absolute Gasteiger partial charge is 0.244 e. The molecule has 0 aromatic carbocycles. The highest BCUT2D eigenvalue weighted by atomic mass is 35.7. The van der Waals surface area contributed by atoms with E-state index in [4.69, 9.17) is 10.7 Å². The van der Waals surface area contributed by atoms with Crippen molar-refractivity contribution in [3.63, 3.8) is 0 Å². The zero-order chi connectivity index (χ0) is 7.78. The molecule has 0 aliphatic carbocycles. The van der Waals surface area contributed by atoms with E-state index in [2.05, 4.69) is 5.32 Å². The molecular formula is C4H6ClNO3S. The average molecular weight is 184 g/mol. The highest BCUT2D eigenvalue weighted by molar-refractivity contribution is 8.14. The van der Waals surface area contributed by atoms with Crippen molar-refractivity contribution in [1.82, 2.24) is 5.32 Å². The van der Waals surface area contributed by atoms with Crippen LogP contribution in [-0.2, 0) is 13.8 Å². The molecule has 1 unspecified atom stereocenters. The van der Waals surface area contributed by atoms with Crippen LogP contribution >= 0.6 is 10.7 Å². The molecule has 6 heteroatoms. The molecule has 0 bridgehead atoms. The van der Waals surface area contributed by atoms with Crippen molar-refractivity contribution < 1.29 is 13.2 Å². The minimum absolute atomic E-state index is 0.282.